The van der Waals surface area contributed by atoms with E-state index in [0.29, 0.717) is 27.8 Å². The first-order valence-electron chi connectivity index (χ1n) is 8.18. The number of carbonyl (C=O) groups excluding carboxylic acids is 2. The molecule has 150 valence electrons. The van der Waals surface area contributed by atoms with E-state index in [2.05, 4.69) is 5.32 Å². The van der Waals surface area contributed by atoms with E-state index in [1.165, 1.54) is 32.0 Å². The maximum atomic E-state index is 13.1. The molecule has 0 aliphatic carbocycles. The Morgan fingerprint density at radius 3 is 2.43 bits per heavy atom. The lowest BCUT2D eigenvalue weighted by atomic mass is 10.2. The van der Waals surface area contributed by atoms with Gasteiger partial charge in [-0.2, -0.15) is 0 Å². The van der Waals surface area contributed by atoms with Crippen LogP contribution in [0.1, 0.15) is 6.42 Å². The molecule has 0 radical (unpaired) electrons. The van der Waals surface area contributed by atoms with Crippen molar-refractivity contribution in [3.05, 3.63) is 48.0 Å². The smallest absolute Gasteiger partial charge is 0.307 e. The molecule has 0 aliphatic rings. The number of halogens is 2. The molecule has 0 saturated carbocycles. The first-order chi connectivity index (χ1) is 13.4. The van der Waals surface area contributed by atoms with Crippen LogP contribution in [0.5, 0.6) is 11.5 Å². The second-order valence-corrected chi connectivity index (χ2v) is 6.62. The van der Waals surface area contributed by atoms with Crippen LogP contribution in [0.4, 0.5) is 14.5 Å². The van der Waals surface area contributed by atoms with Crippen molar-refractivity contribution in [2.45, 2.75) is 11.3 Å². The predicted molar refractivity (Wildman–Crippen MR) is 101 cm³/mol. The third-order valence-corrected chi connectivity index (χ3v) is 4.49. The monoisotopic (exact) mass is 411 g/mol. The van der Waals surface area contributed by atoms with Gasteiger partial charge in [0.15, 0.2) is 29.7 Å². The van der Waals surface area contributed by atoms with Gasteiger partial charge >= 0.3 is 5.97 Å². The van der Waals surface area contributed by atoms with Crippen molar-refractivity contribution in [3.63, 3.8) is 0 Å². The van der Waals surface area contributed by atoms with Crippen LogP contribution in [0.3, 0.4) is 0 Å². The average molecular weight is 411 g/mol. The minimum absolute atomic E-state index is 0.0211. The van der Waals surface area contributed by atoms with Gasteiger partial charge in [-0.15, -0.1) is 11.8 Å². The van der Waals surface area contributed by atoms with Crippen LogP contribution in [0.15, 0.2) is 41.3 Å². The Balaban J connectivity index is 1.73. The highest BCUT2D eigenvalue weighted by molar-refractivity contribution is 7.99. The Bertz CT molecular complexity index is 847. The van der Waals surface area contributed by atoms with Crippen molar-refractivity contribution in [2.24, 2.45) is 0 Å². The number of esters is 1. The molecule has 0 spiro atoms. The summed E-state index contributed by atoms with van der Waals surface area (Å²) >= 11 is 1.18. The van der Waals surface area contributed by atoms with Crippen LogP contribution in [-0.2, 0) is 14.3 Å². The number of carbonyl (C=O) groups is 2. The number of rotatable bonds is 9. The summed E-state index contributed by atoms with van der Waals surface area (Å²) in [6.07, 6.45) is 0.0211. The molecule has 28 heavy (non-hydrogen) atoms. The molecule has 0 fully saturated rings. The highest BCUT2D eigenvalue weighted by Gasteiger charge is 2.11. The second-order valence-electron chi connectivity index (χ2n) is 5.45. The van der Waals surface area contributed by atoms with Gasteiger partial charge in [-0.3, -0.25) is 9.59 Å². The molecule has 1 amide bonds. The minimum Gasteiger partial charge on any atom is -0.493 e. The van der Waals surface area contributed by atoms with E-state index in [4.69, 9.17) is 14.2 Å². The molecule has 0 aliphatic heterocycles. The topological polar surface area (TPSA) is 73.9 Å². The van der Waals surface area contributed by atoms with E-state index in [0.717, 1.165) is 12.1 Å². The normalized spacial score (nSPS) is 10.3. The van der Waals surface area contributed by atoms with Gasteiger partial charge in [-0.1, -0.05) is 0 Å². The molecular formula is C19H19F2NO5S. The Morgan fingerprint density at radius 2 is 1.75 bits per heavy atom. The molecule has 0 saturated heterocycles. The van der Waals surface area contributed by atoms with Gasteiger partial charge in [0.05, 0.1) is 20.6 Å². The van der Waals surface area contributed by atoms with E-state index in [1.54, 1.807) is 18.2 Å². The number of hydrogen-bond acceptors (Lipinski definition) is 6. The summed E-state index contributed by atoms with van der Waals surface area (Å²) in [5, 5.41) is 2.58. The maximum Gasteiger partial charge on any atom is 0.307 e. The molecule has 2 aromatic rings. The number of thioether (sulfide) groups is 1. The third kappa shape index (κ3) is 6.41. The first kappa shape index (κ1) is 21.5. The van der Waals surface area contributed by atoms with Crippen molar-refractivity contribution in [1.29, 1.82) is 0 Å². The highest BCUT2D eigenvalue weighted by atomic mass is 32.2. The zero-order chi connectivity index (χ0) is 20.5. The summed E-state index contributed by atoms with van der Waals surface area (Å²) in [6, 6.07) is 8.34. The van der Waals surface area contributed by atoms with Crippen LogP contribution in [-0.4, -0.2) is 38.5 Å². The summed E-state index contributed by atoms with van der Waals surface area (Å²) < 4.78 is 41.1. The van der Waals surface area contributed by atoms with Crippen LogP contribution >= 0.6 is 11.8 Å². The Kier molecular flexibility index (Phi) is 8.06. The lowest BCUT2D eigenvalue weighted by molar-refractivity contribution is -0.146. The summed E-state index contributed by atoms with van der Waals surface area (Å²) in [5.41, 5.74) is 0.465. The lowest BCUT2D eigenvalue weighted by Crippen LogP contribution is -2.21. The van der Waals surface area contributed by atoms with Crippen molar-refractivity contribution in [1.82, 2.24) is 0 Å². The van der Waals surface area contributed by atoms with Gasteiger partial charge in [0, 0.05) is 22.4 Å². The minimum atomic E-state index is -0.945. The molecular weight excluding hydrogens is 392 g/mol. The molecule has 0 heterocycles. The van der Waals surface area contributed by atoms with Crippen LogP contribution < -0.4 is 14.8 Å². The van der Waals surface area contributed by atoms with E-state index in [1.807, 2.05) is 0 Å². The summed E-state index contributed by atoms with van der Waals surface area (Å²) in [4.78, 5) is 24.1. The van der Waals surface area contributed by atoms with Gasteiger partial charge in [0.1, 0.15) is 0 Å². The van der Waals surface area contributed by atoms with Crippen molar-refractivity contribution < 1.29 is 32.6 Å². The Labute approximate surface area is 165 Å². The number of amides is 1. The van der Waals surface area contributed by atoms with Gasteiger partial charge in [-0.25, -0.2) is 8.78 Å². The maximum absolute atomic E-state index is 13.1. The van der Waals surface area contributed by atoms with E-state index in [9.17, 15) is 18.4 Å². The van der Waals surface area contributed by atoms with Gasteiger partial charge in [0.25, 0.3) is 5.91 Å². The number of nitrogens with one attached hydrogen (secondary N) is 1. The summed E-state index contributed by atoms with van der Waals surface area (Å²) in [7, 11) is 2.98. The molecule has 0 bridgehead atoms. The van der Waals surface area contributed by atoms with Crippen LogP contribution in [0.2, 0.25) is 0 Å². The zero-order valence-electron chi connectivity index (χ0n) is 15.3. The highest BCUT2D eigenvalue weighted by Crippen LogP contribution is 2.29. The van der Waals surface area contributed by atoms with E-state index >= 15 is 0 Å². The largest absolute Gasteiger partial charge is 0.493 e. The molecule has 2 rings (SSSR count). The van der Waals surface area contributed by atoms with Crippen molar-refractivity contribution in [3.8, 4) is 11.5 Å². The van der Waals surface area contributed by atoms with Crippen LogP contribution in [0.25, 0.3) is 0 Å². The fraction of sp³-hybridized carbons (Fsp3) is 0.263. The summed E-state index contributed by atoms with van der Waals surface area (Å²) in [6.45, 7) is -0.441. The van der Waals surface area contributed by atoms with Crippen molar-refractivity contribution in [2.75, 3.05) is 31.9 Å². The number of methoxy groups -OCH3 is 2. The van der Waals surface area contributed by atoms with E-state index in [-0.39, 0.29) is 6.42 Å². The van der Waals surface area contributed by atoms with E-state index < -0.39 is 30.1 Å². The quantitative estimate of drug-likeness (QED) is 0.502. The standard InChI is InChI=1S/C19H19F2NO5S/c1-25-16-6-3-12(9-17(16)26-2)22-18(23)11-27-19(24)7-8-28-13-4-5-14(20)15(21)10-13/h3-6,9-10H,7-8,11H2,1-2H3,(H,22,23). The van der Waals surface area contributed by atoms with Gasteiger partial charge < -0.3 is 19.5 Å². The fourth-order valence-corrected chi connectivity index (χ4v) is 3.00. The lowest BCUT2D eigenvalue weighted by Gasteiger charge is -2.10. The number of ether oxygens (including phenoxy) is 3. The zero-order valence-corrected chi connectivity index (χ0v) is 16.1. The Morgan fingerprint density at radius 1 is 1.00 bits per heavy atom. The molecule has 1 N–H and O–H groups in total. The molecule has 2 aromatic carbocycles. The summed E-state index contributed by atoms with van der Waals surface area (Å²) in [5.74, 6) is -1.67. The first-order valence-corrected chi connectivity index (χ1v) is 9.17. The average Bonchev–Trinajstić information content (AvgIpc) is 2.69. The third-order valence-electron chi connectivity index (χ3n) is 3.50. The molecule has 0 aromatic heterocycles. The Hall–Kier alpha value is -2.81. The fourth-order valence-electron chi connectivity index (χ4n) is 2.15. The SMILES string of the molecule is COc1ccc(NC(=O)COC(=O)CCSc2ccc(F)c(F)c2)cc1OC. The molecule has 9 heteroatoms. The van der Waals surface area contributed by atoms with Crippen LogP contribution in [0, 0.1) is 11.6 Å². The number of anilines is 1. The second kappa shape index (κ2) is 10.5. The van der Waals surface area contributed by atoms with Crippen molar-refractivity contribution >= 4 is 29.3 Å². The predicted octanol–water partition coefficient (Wildman–Crippen LogP) is 3.65. The molecule has 0 unspecified atom stereocenters. The molecule has 0 atom stereocenters. The van der Waals surface area contributed by atoms with Gasteiger partial charge in [-0.05, 0) is 30.3 Å². The number of benzene rings is 2. The molecule has 6 nitrogen and oxygen atoms in total. The number of hydrogen-bond donors (Lipinski definition) is 1. The van der Waals surface area contributed by atoms with Gasteiger partial charge in [0.2, 0.25) is 0 Å².